The average Bonchev–Trinajstić information content (AvgIpc) is 2.43. The first-order valence-corrected chi connectivity index (χ1v) is 7.92. The Morgan fingerprint density at radius 2 is 2.18 bits per heavy atom. The standard InChI is InChI=1S/C16H22FNO3S/c1-16(2,3)21-15(20)18-8-7-13(17)11-22-14-6-4-5-12(9-14)10-19/h4-7,9,19H,8,10-11H2,1-3H3,(H,18,20)/b13-7-. The average molecular weight is 327 g/mol. The number of nitrogens with one attached hydrogen (secondary N) is 1. The molecule has 0 aliphatic heterocycles. The predicted molar refractivity (Wildman–Crippen MR) is 86.5 cm³/mol. The van der Waals surface area contributed by atoms with Crippen LogP contribution in [0.25, 0.3) is 0 Å². The number of alkyl carbamates (subject to hydrolysis) is 1. The number of hydrogen-bond acceptors (Lipinski definition) is 4. The van der Waals surface area contributed by atoms with Crippen molar-refractivity contribution in [1.82, 2.24) is 5.32 Å². The molecule has 2 N–H and O–H groups in total. The van der Waals surface area contributed by atoms with E-state index >= 15 is 0 Å². The largest absolute Gasteiger partial charge is 0.444 e. The molecule has 0 fully saturated rings. The Kier molecular flexibility index (Phi) is 7.41. The summed E-state index contributed by atoms with van der Waals surface area (Å²) in [6.07, 6.45) is 0.743. The number of aliphatic hydroxyl groups is 1. The van der Waals surface area contributed by atoms with Crippen LogP contribution < -0.4 is 5.32 Å². The molecule has 0 unspecified atom stereocenters. The lowest BCUT2D eigenvalue weighted by molar-refractivity contribution is 0.0534. The van der Waals surface area contributed by atoms with Gasteiger partial charge in [0.1, 0.15) is 11.4 Å². The van der Waals surface area contributed by atoms with Crippen LogP contribution in [0.5, 0.6) is 0 Å². The lowest BCUT2D eigenvalue weighted by atomic mass is 10.2. The maximum Gasteiger partial charge on any atom is 0.407 e. The fourth-order valence-electron chi connectivity index (χ4n) is 1.50. The zero-order chi connectivity index (χ0) is 16.6. The predicted octanol–water partition coefficient (Wildman–Crippen LogP) is 3.65. The second kappa shape index (κ2) is 8.80. The summed E-state index contributed by atoms with van der Waals surface area (Å²) in [6.45, 7) is 5.34. The number of carbonyl (C=O) groups is 1. The maximum atomic E-state index is 13.7. The van der Waals surface area contributed by atoms with Gasteiger partial charge in [-0.05, 0) is 44.5 Å². The minimum atomic E-state index is -0.570. The summed E-state index contributed by atoms with van der Waals surface area (Å²) >= 11 is 1.33. The zero-order valence-electron chi connectivity index (χ0n) is 13.1. The highest BCUT2D eigenvalue weighted by molar-refractivity contribution is 7.99. The normalized spacial score (nSPS) is 12.1. The lowest BCUT2D eigenvalue weighted by Crippen LogP contribution is -2.32. The van der Waals surface area contributed by atoms with Gasteiger partial charge in [0.2, 0.25) is 0 Å². The highest BCUT2D eigenvalue weighted by Crippen LogP contribution is 2.22. The van der Waals surface area contributed by atoms with Gasteiger partial charge in [-0.15, -0.1) is 11.8 Å². The molecular formula is C16H22FNO3S. The Hall–Kier alpha value is -1.53. The number of hydrogen-bond donors (Lipinski definition) is 2. The number of halogens is 1. The molecule has 0 atom stereocenters. The topological polar surface area (TPSA) is 58.6 Å². The van der Waals surface area contributed by atoms with Crippen LogP contribution in [0.4, 0.5) is 9.18 Å². The number of carbonyl (C=O) groups excluding carboxylic acids is 1. The van der Waals surface area contributed by atoms with Crippen molar-refractivity contribution >= 4 is 17.9 Å². The van der Waals surface area contributed by atoms with Crippen LogP contribution in [-0.2, 0) is 11.3 Å². The van der Waals surface area contributed by atoms with E-state index in [0.29, 0.717) is 0 Å². The second-order valence-electron chi connectivity index (χ2n) is 5.63. The van der Waals surface area contributed by atoms with E-state index in [1.807, 2.05) is 18.2 Å². The van der Waals surface area contributed by atoms with Gasteiger partial charge in [-0.3, -0.25) is 0 Å². The Morgan fingerprint density at radius 3 is 2.82 bits per heavy atom. The van der Waals surface area contributed by atoms with Gasteiger partial charge in [0.15, 0.2) is 0 Å². The van der Waals surface area contributed by atoms with Gasteiger partial charge in [0.05, 0.1) is 6.61 Å². The van der Waals surface area contributed by atoms with Crippen LogP contribution in [0.15, 0.2) is 41.1 Å². The fourth-order valence-corrected chi connectivity index (χ4v) is 2.34. The van der Waals surface area contributed by atoms with Gasteiger partial charge in [-0.25, -0.2) is 9.18 Å². The molecule has 0 aliphatic rings. The first-order valence-electron chi connectivity index (χ1n) is 6.94. The molecule has 0 saturated carbocycles. The van der Waals surface area contributed by atoms with Crippen molar-refractivity contribution < 1.29 is 19.0 Å². The zero-order valence-corrected chi connectivity index (χ0v) is 13.9. The molecule has 22 heavy (non-hydrogen) atoms. The summed E-state index contributed by atoms with van der Waals surface area (Å²) in [7, 11) is 0. The molecule has 0 bridgehead atoms. The molecular weight excluding hydrogens is 305 g/mol. The Morgan fingerprint density at radius 1 is 1.45 bits per heavy atom. The van der Waals surface area contributed by atoms with E-state index in [4.69, 9.17) is 9.84 Å². The van der Waals surface area contributed by atoms with Crippen molar-refractivity contribution in [2.45, 2.75) is 37.9 Å². The number of amides is 1. The molecule has 0 aliphatic carbocycles. The molecule has 0 aromatic heterocycles. The van der Waals surface area contributed by atoms with Crippen molar-refractivity contribution in [3.63, 3.8) is 0 Å². The minimum absolute atomic E-state index is 0.0352. The number of benzene rings is 1. The second-order valence-corrected chi connectivity index (χ2v) is 6.68. The van der Waals surface area contributed by atoms with Gasteiger partial charge in [-0.1, -0.05) is 12.1 Å². The molecule has 0 radical (unpaired) electrons. The summed E-state index contributed by atoms with van der Waals surface area (Å²) in [5.41, 5.74) is 0.223. The molecule has 1 aromatic rings. The van der Waals surface area contributed by atoms with Gasteiger partial charge in [-0.2, -0.15) is 0 Å². The summed E-state index contributed by atoms with van der Waals surface area (Å²) in [6, 6.07) is 7.30. The van der Waals surface area contributed by atoms with Crippen molar-refractivity contribution in [1.29, 1.82) is 0 Å². The summed E-state index contributed by atoms with van der Waals surface area (Å²) in [4.78, 5) is 12.3. The van der Waals surface area contributed by atoms with Crippen LogP contribution in [0.1, 0.15) is 26.3 Å². The summed E-state index contributed by atoms with van der Waals surface area (Å²) in [5, 5.41) is 11.5. The number of aliphatic hydroxyl groups excluding tert-OH is 1. The van der Waals surface area contributed by atoms with E-state index in [-0.39, 0.29) is 24.7 Å². The third kappa shape index (κ3) is 8.05. The number of rotatable bonds is 6. The third-order valence-corrected chi connectivity index (χ3v) is 3.43. The van der Waals surface area contributed by atoms with Crippen molar-refractivity contribution in [2.75, 3.05) is 12.3 Å². The minimum Gasteiger partial charge on any atom is -0.444 e. The van der Waals surface area contributed by atoms with E-state index in [2.05, 4.69) is 5.32 Å². The van der Waals surface area contributed by atoms with E-state index in [9.17, 15) is 9.18 Å². The summed E-state index contributed by atoms with van der Waals surface area (Å²) in [5.74, 6) is -0.152. The Labute approximate surface area is 134 Å². The quantitative estimate of drug-likeness (QED) is 0.783. The first-order chi connectivity index (χ1) is 10.3. The molecule has 1 rings (SSSR count). The fraction of sp³-hybridized carbons (Fsp3) is 0.438. The molecule has 6 heteroatoms. The van der Waals surface area contributed by atoms with Crippen LogP contribution >= 0.6 is 11.8 Å². The van der Waals surface area contributed by atoms with Gasteiger partial charge in [0.25, 0.3) is 0 Å². The highest BCUT2D eigenvalue weighted by Gasteiger charge is 2.15. The SMILES string of the molecule is CC(C)(C)OC(=O)NC/C=C(\F)CSc1cccc(CO)c1. The van der Waals surface area contributed by atoms with Crippen LogP contribution in [-0.4, -0.2) is 29.1 Å². The Balaban J connectivity index is 2.35. The van der Waals surface area contributed by atoms with Gasteiger partial charge >= 0.3 is 6.09 Å². The molecule has 1 aromatic carbocycles. The van der Waals surface area contributed by atoms with Crippen LogP contribution in [0, 0.1) is 0 Å². The van der Waals surface area contributed by atoms with Gasteiger partial charge in [0, 0.05) is 17.2 Å². The van der Waals surface area contributed by atoms with Gasteiger partial charge < -0.3 is 15.2 Å². The van der Waals surface area contributed by atoms with Crippen molar-refractivity contribution in [3.05, 3.63) is 41.7 Å². The third-order valence-electron chi connectivity index (χ3n) is 2.43. The number of thioether (sulfide) groups is 1. The maximum absolute atomic E-state index is 13.7. The molecule has 1 amide bonds. The van der Waals surface area contributed by atoms with Crippen LogP contribution in [0.2, 0.25) is 0 Å². The molecule has 0 saturated heterocycles. The molecule has 122 valence electrons. The summed E-state index contributed by atoms with van der Waals surface area (Å²) < 4.78 is 18.7. The highest BCUT2D eigenvalue weighted by atomic mass is 32.2. The van der Waals surface area contributed by atoms with Crippen LogP contribution in [0.3, 0.4) is 0 Å². The van der Waals surface area contributed by atoms with E-state index in [1.54, 1.807) is 26.8 Å². The smallest absolute Gasteiger partial charge is 0.407 e. The van der Waals surface area contributed by atoms with Crippen molar-refractivity contribution in [3.8, 4) is 0 Å². The lowest BCUT2D eigenvalue weighted by Gasteiger charge is -2.19. The molecule has 0 heterocycles. The van der Waals surface area contributed by atoms with E-state index in [1.165, 1.54) is 17.8 Å². The molecule has 4 nitrogen and oxygen atoms in total. The monoisotopic (exact) mass is 327 g/mol. The van der Waals surface area contributed by atoms with Crippen molar-refractivity contribution in [2.24, 2.45) is 0 Å². The first kappa shape index (κ1) is 18.5. The molecule has 0 spiro atoms. The van der Waals surface area contributed by atoms with E-state index < -0.39 is 11.7 Å². The number of ether oxygens (including phenoxy) is 1. The van der Waals surface area contributed by atoms with E-state index in [0.717, 1.165) is 10.5 Å². The Bertz CT molecular complexity index is 526.